The molecule has 1 fully saturated rings. The second-order valence-electron chi connectivity index (χ2n) is 6.46. The second-order valence-corrected chi connectivity index (χ2v) is 7.48. The fourth-order valence-electron chi connectivity index (χ4n) is 3.23. The number of rotatable bonds is 5. The molecule has 1 aliphatic carbocycles. The summed E-state index contributed by atoms with van der Waals surface area (Å²) in [5.41, 5.74) is 3.94. The molecule has 1 aliphatic rings. The molecule has 1 aromatic heterocycles. The third-order valence-electron chi connectivity index (χ3n) is 4.93. The predicted molar refractivity (Wildman–Crippen MR) is 98.2 cm³/mol. The summed E-state index contributed by atoms with van der Waals surface area (Å²) in [6.07, 6.45) is 6.41. The lowest BCUT2D eigenvalue weighted by molar-refractivity contribution is 0.635. The third kappa shape index (κ3) is 3.36. The summed E-state index contributed by atoms with van der Waals surface area (Å²) in [4.78, 5) is 0. The van der Waals surface area contributed by atoms with Gasteiger partial charge in [-0.25, -0.2) is 4.68 Å². The Morgan fingerprint density at radius 2 is 1.91 bits per heavy atom. The van der Waals surface area contributed by atoms with Crippen LogP contribution in [0.1, 0.15) is 74.6 Å². The molecule has 0 aliphatic heterocycles. The van der Waals surface area contributed by atoms with Crippen molar-refractivity contribution in [2.45, 2.75) is 64.3 Å². The normalized spacial score (nSPS) is 17.0. The summed E-state index contributed by atoms with van der Waals surface area (Å²) in [5, 5.41) is 8.85. The zero-order valence-electron chi connectivity index (χ0n) is 13.4. The van der Waals surface area contributed by atoms with E-state index >= 15 is 0 Å². The summed E-state index contributed by atoms with van der Waals surface area (Å²) in [5.74, 6) is 1.27. The highest BCUT2D eigenvalue weighted by atomic mass is 127. The van der Waals surface area contributed by atoms with Gasteiger partial charge in [0.2, 0.25) is 0 Å². The van der Waals surface area contributed by atoms with Crippen LogP contribution in [0.15, 0.2) is 24.3 Å². The zero-order chi connectivity index (χ0) is 15.5. The molecule has 1 aromatic carbocycles. The highest BCUT2D eigenvalue weighted by Crippen LogP contribution is 2.35. The Morgan fingerprint density at radius 3 is 2.55 bits per heavy atom. The minimum absolute atomic E-state index is 0.633. The van der Waals surface area contributed by atoms with Gasteiger partial charge in [0, 0.05) is 5.92 Å². The summed E-state index contributed by atoms with van der Waals surface area (Å²) < 4.78 is 3.27. The van der Waals surface area contributed by atoms with Crippen LogP contribution >= 0.6 is 22.6 Å². The quantitative estimate of drug-likeness (QED) is 0.644. The topological polar surface area (TPSA) is 30.7 Å². The van der Waals surface area contributed by atoms with E-state index in [1.54, 1.807) is 0 Å². The van der Waals surface area contributed by atoms with Gasteiger partial charge in [0.25, 0.3) is 0 Å². The lowest BCUT2D eigenvalue weighted by Gasteiger charge is -2.10. The molecule has 1 unspecified atom stereocenters. The molecule has 2 aromatic rings. The minimum atomic E-state index is 0.633. The molecule has 4 heteroatoms. The van der Waals surface area contributed by atoms with Crippen LogP contribution in [0.2, 0.25) is 0 Å². The largest absolute Gasteiger partial charge is 0.234 e. The van der Waals surface area contributed by atoms with Gasteiger partial charge >= 0.3 is 0 Å². The Morgan fingerprint density at radius 1 is 1.23 bits per heavy atom. The second kappa shape index (κ2) is 7.11. The predicted octanol–water partition coefficient (Wildman–Crippen LogP) is 5.10. The fourth-order valence-corrected chi connectivity index (χ4v) is 4.04. The van der Waals surface area contributed by atoms with Crippen molar-refractivity contribution < 1.29 is 0 Å². The first-order valence-corrected chi connectivity index (χ1v) is 9.44. The highest BCUT2D eigenvalue weighted by molar-refractivity contribution is 14.1. The molecule has 0 bridgehead atoms. The maximum absolute atomic E-state index is 4.46. The van der Waals surface area contributed by atoms with Gasteiger partial charge in [0.1, 0.15) is 3.70 Å². The number of nitrogens with zero attached hydrogens (tertiary/aromatic N) is 3. The van der Waals surface area contributed by atoms with Crippen LogP contribution in [-0.2, 0) is 6.54 Å². The first-order chi connectivity index (χ1) is 10.7. The molecule has 1 atom stereocenters. The smallest absolute Gasteiger partial charge is 0.123 e. The first kappa shape index (κ1) is 16.0. The maximum atomic E-state index is 4.46. The van der Waals surface area contributed by atoms with Gasteiger partial charge < -0.3 is 0 Å². The van der Waals surface area contributed by atoms with E-state index in [1.807, 2.05) is 4.68 Å². The van der Waals surface area contributed by atoms with E-state index < -0.39 is 0 Å². The molecule has 0 N–H and O–H groups in total. The van der Waals surface area contributed by atoms with Crippen LogP contribution in [0, 0.1) is 3.70 Å². The van der Waals surface area contributed by atoms with Crippen molar-refractivity contribution in [2.75, 3.05) is 0 Å². The van der Waals surface area contributed by atoms with E-state index in [0.29, 0.717) is 11.8 Å². The van der Waals surface area contributed by atoms with Crippen LogP contribution in [0.5, 0.6) is 0 Å². The molecule has 3 rings (SSSR count). The molecule has 118 valence electrons. The van der Waals surface area contributed by atoms with E-state index in [2.05, 4.69) is 71.0 Å². The molecular formula is C18H24IN3. The Labute approximate surface area is 146 Å². The van der Waals surface area contributed by atoms with Gasteiger partial charge in [0.15, 0.2) is 0 Å². The summed E-state index contributed by atoms with van der Waals surface area (Å²) in [6, 6.07) is 8.97. The average Bonchev–Trinajstić information content (AvgIpc) is 3.18. The van der Waals surface area contributed by atoms with Crippen LogP contribution in [0.25, 0.3) is 0 Å². The van der Waals surface area contributed by atoms with Crippen molar-refractivity contribution >= 4 is 22.6 Å². The Bertz CT molecular complexity index is 612. The molecule has 22 heavy (non-hydrogen) atoms. The van der Waals surface area contributed by atoms with Crippen molar-refractivity contribution in [3.8, 4) is 0 Å². The van der Waals surface area contributed by atoms with Crippen molar-refractivity contribution in [3.05, 3.63) is 44.8 Å². The number of hydrogen-bond donors (Lipinski definition) is 0. The summed E-state index contributed by atoms with van der Waals surface area (Å²) >= 11 is 2.41. The molecule has 1 heterocycles. The number of aromatic nitrogens is 3. The number of benzene rings is 1. The molecule has 0 amide bonds. The molecule has 0 radical (unpaired) electrons. The standard InChI is InChI=1S/C18H24IN3/c1-3-13(2)15-10-8-14(9-11-15)12-22-18(19)17(20-21-22)16-6-4-5-7-16/h8-11,13,16H,3-7,12H2,1-2H3. The SMILES string of the molecule is CCC(C)c1ccc(Cn2nnc(C3CCCC3)c2I)cc1. The van der Waals surface area contributed by atoms with Crippen molar-refractivity contribution in [1.29, 1.82) is 0 Å². The Hall–Kier alpha value is -0.910. The Kier molecular flexibility index (Phi) is 5.16. The van der Waals surface area contributed by atoms with Crippen LogP contribution < -0.4 is 0 Å². The molecule has 0 spiro atoms. The van der Waals surface area contributed by atoms with E-state index in [-0.39, 0.29) is 0 Å². The maximum Gasteiger partial charge on any atom is 0.123 e. The van der Waals surface area contributed by atoms with Crippen LogP contribution in [0.4, 0.5) is 0 Å². The van der Waals surface area contributed by atoms with Gasteiger partial charge in [-0.15, -0.1) is 5.10 Å². The fraction of sp³-hybridized carbons (Fsp3) is 0.556. The van der Waals surface area contributed by atoms with E-state index in [0.717, 1.165) is 6.54 Å². The lowest BCUT2D eigenvalue weighted by atomic mass is 9.98. The van der Waals surface area contributed by atoms with Gasteiger partial charge in [-0.3, -0.25) is 0 Å². The Balaban J connectivity index is 1.73. The first-order valence-electron chi connectivity index (χ1n) is 8.36. The van der Waals surface area contributed by atoms with Crippen molar-refractivity contribution in [2.24, 2.45) is 0 Å². The van der Waals surface area contributed by atoms with E-state index in [1.165, 1.54) is 52.6 Å². The average molecular weight is 409 g/mol. The molecular weight excluding hydrogens is 385 g/mol. The molecule has 3 nitrogen and oxygen atoms in total. The number of hydrogen-bond acceptors (Lipinski definition) is 2. The summed E-state index contributed by atoms with van der Waals surface area (Å²) in [7, 11) is 0. The molecule has 0 saturated heterocycles. The monoisotopic (exact) mass is 409 g/mol. The highest BCUT2D eigenvalue weighted by Gasteiger charge is 2.23. The van der Waals surface area contributed by atoms with Gasteiger partial charge in [-0.05, 0) is 58.9 Å². The molecule has 1 saturated carbocycles. The van der Waals surface area contributed by atoms with E-state index in [9.17, 15) is 0 Å². The van der Waals surface area contributed by atoms with Crippen molar-refractivity contribution in [1.82, 2.24) is 15.0 Å². The van der Waals surface area contributed by atoms with Gasteiger partial charge in [-0.1, -0.05) is 56.2 Å². The van der Waals surface area contributed by atoms with Crippen LogP contribution in [-0.4, -0.2) is 15.0 Å². The lowest BCUT2D eigenvalue weighted by Crippen LogP contribution is -2.05. The van der Waals surface area contributed by atoms with Crippen LogP contribution in [0.3, 0.4) is 0 Å². The minimum Gasteiger partial charge on any atom is -0.234 e. The third-order valence-corrected chi connectivity index (χ3v) is 6.04. The van der Waals surface area contributed by atoms with Crippen molar-refractivity contribution in [3.63, 3.8) is 0 Å². The van der Waals surface area contributed by atoms with Gasteiger partial charge in [0.05, 0.1) is 12.2 Å². The summed E-state index contributed by atoms with van der Waals surface area (Å²) in [6.45, 7) is 5.34. The van der Waals surface area contributed by atoms with E-state index in [4.69, 9.17) is 0 Å². The number of halogens is 1. The zero-order valence-corrected chi connectivity index (χ0v) is 15.6. The van der Waals surface area contributed by atoms with Gasteiger partial charge in [-0.2, -0.15) is 0 Å².